The third-order valence-corrected chi connectivity index (χ3v) is 7.03. The van der Waals surface area contributed by atoms with Gasteiger partial charge in [-0.15, -0.1) is 0 Å². The second kappa shape index (κ2) is 9.66. The summed E-state index contributed by atoms with van der Waals surface area (Å²) in [5.41, 5.74) is 2.47. The molecule has 0 bridgehead atoms. The van der Waals surface area contributed by atoms with Crippen molar-refractivity contribution in [3.05, 3.63) is 107 Å². The van der Waals surface area contributed by atoms with Crippen molar-refractivity contribution in [3.8, 4) is 16.9 Å². The van der Waals surface area contributed by atoms with Crippen LogP contribution in [0.15, 0.2) is 100 Å². The number of nitrogens with one attached hydrogen (secondary N) is 2. The highest BCUT2D eigenvalue weighted by Gasteiger charge is 2.17. The van der Waals surface area contributed by atoms with E-state index in [1.54, 1.807) is 12.1 Å². The van der Waals surface area contributed by atoms with E-state index < -0.39 is 21.7 Å². The van der Waals surface area contributed by atoms with Crippen molar-refractivity contribution in [1.82, 2.24) is 0 Å². The quantitative estimate of drug-likeness (QED) is 0.206. The molecule has 3 N–H and O–H groups in total. The fourth-order valence-electron chi connectivity index (χ4n) is 3.21. The summed E-state index contributed by atoms with van der Waals surface area (Å²) < 4.78 is 41.4. The van der Waals surface area contributed by atoms with E-state index in [4.69, 9.17) is 0 Å². The first-order valence-corrected chi connectivity index (χ1v) is 12.3. The molecule has 0 spiro atoms. The molecule has 0 atom stereocenters. The van der Waals surface area contributed by atoms with E-state index in [0.717, 1.165) is 39.9 Å². The fourth-order valence-corrected chi connectivity index (χ4v) is 4.79. The number of benzene rings is 4. The maximum atomic E-state index is 13.1. The molecule has 0 aliphatic rings. The van der Waals surface area contributed by atoms with Gasteiger partial charge >= 0.3 is 0 Å². The van der Waals surface area contributed by atoms with Crippen LogP contribution in [0.4, 0.5) is 15.8 Å². The lowest BCUT2D eigenvalue weighted by Gasteiger charge is -2.12. The van der Waals surface area contributed by atoms with E-state index in [1.165, 1.54) is 18.2 Å². The topological polar surface area (TPSA) is 95.5 Å². The highest BCUT2D eigenvalue weighted by Crippen LogP contribution is 2.30. The molecule has 4 aromatic rings. The Labute approximate surface area is 204 Å². The highest BCUT2D eigenvalue weighted by atomic mass is 79.9. The minimum Gasteiger partial charge on any atom is -0.506 e. The highest BCUT2D eigenvalue weighted by molar-refractivity contribution is 9.10. The van der Waals surface area contributed by atoms with Gasteiger partial charge in [-0.05, 0) is 71.8 Å². The average Bonchev–Trinajstić information content (AvgIpc) is 2.82. The number of hydrogen-bond acceptors (Lipinski definition) is 4. The van der Waals surface area contributed by atoms with Crippen molar-refractivity contribution in [3.63, 3.8) is 0 Å². The number of carbonyl (C=O) groups excluding carboxylic acids is 1. The zero-order chi connectivity index (χ0) is 24.3. The summed E-state index contributed by atoms with van der Waals surface area (Å²) >= 11 is 3.51. The van der Waals surface area contributed by atoms with Gasteiger partial charge in [-0.3, -0.25) is 9.52 Å². The number of aromatic hydroxyl groups is 1. The van der Waals surface area contributed by atoms with Gasteiger partial charge in [0.2, 0.25) is 0 Å². The summed E-state index contributed by atoms with van der Waals surface area (Å²) in [5.74, 6) is -1.31. The van der Waals surface area contributed by atoms with E-state index >= 15 is 0 Å². The van der Waals surface area contributed by atoms with Crippen LogP contribution in [0.1, 0.15) is 10.4 Å². The van der Waals surface area contributed by atoms with Gasteiger partial charge in [-0.2, -0.15) is 0 Å². The Morgan fingerprint density at radius 3 is 2.24 bits per heavy atom. The van der Waals surface area contributed by atoms with E-state index in [0.29, 0.717) is 5.56 Å². The van der Waals surface area contributed by atoms with Gasteiger partial charge in [0.15, 0.2) is 0 Å². The molecule has 0 aromatic heterocycles. The van der Waals surface area contributed by atoms with Gasteiger partial charge < -0.3 is 10.4 Å². The number of halogens is 2. The molecule has 0 aliphatic carbocycles. The summed E-state index contributed by atoms with van der Waals surface area (Å²) in [6.45, 7) is 0. The molecule has 0 saturated carbocycles. The van der Waals surface area contributed by atoms with Gasteiger partial charge in [-0.25, -0.2) is 12.8 Å². The van der Waals surface area contributed by atoms with Gasteiger partial charge in [0.25, 0.3) is 15.9 Å². The van der Waals surface area contributed by atoms with Gasteiger partial charge in [0, 0.05) is 15.7 Å². The van der Waals surface area contributed by atoms with Crippen LogP contribution in [0, 0.1) is 5.82 Å². The number of anilines is 2. The van der Waals surface area contributed by atoms with E-state index in [9.17, 15) is 22.7 Å². The Bertz CT molecular complexity index is 1460. The van der Waals surface area contributed by atoms with Crippen LogP contribution in [0.2, 0.25) is 0 Å². The van der Waals surface area contributed by atoms with Crippen LogP contribution in [-0.4, -0.2) is 19.4 Å². The predicted molar refractivity (Wildman–Crippen MR) is 133 cm³/mol. The number of sulfonamides is 1. The predicted octanol–water partition coefficient (Wildman–Crippen LogP) is 6.01. The van der Waals surface area contributed by atoms with Gasteiger partial charge in [-0.1, -0.05) is 46.3 Å². The van der Waals surface area contributed by atoms with E-state index in [-0.39, 0.29) is 22.0 Å². The Morgan fingerprint density at radius 2 is 1.56 bits per heavy atom. The second-order valence-electron chi connectivity index (χ2n) is 7.30. The number of carbonyl (C=O) groups is 1. The zero-order valence-corrected chi connectivity index (χ0v) is 19.9. The molecular weight excluding hydrogens is 523 g/mol. The summed E-state index contributed by atoms with van der Waals surface area (Å²) in [6.07, 6.45) is 0. The van der Waals surface area contributed by atoms with Crippen LogP contribution in [0.3, 0.4) is 0 Å². The Balaban J connectivity index is 1.51. The maximum Gasteiger partial charge on any atom is 0.262 e. The zero-order valence-electron chi connectivity index (χ0n) is 17.5. The number of amides is 1. The molecule has 34 heavy (non-hydrogen) atoms. The van der Waals surface area contributed by atoms with Crippen molar-refractivity contribution in [2.45, 2.75) is 4.90 Å². The molecule has 6 nitrogen and oxygen atoms in total. The minimum absolute atomic E-state index is 0.133. The normalized spacial score (nSPS) is 11.1. The molecule has 0 aliphatic heterocycles. The lowest BCUT2D eigenvalue weighted by molar-refractivity contribution is 0.102. The summed E-state index contributed by atoms with van der Waals surface area (Å²) in [6, 6.07) is 23.0. The van der Waals surface area contributed by atoms with Crippen molar-refractivity contribution in [2.24, 2.45) is 0 Å². The monoisotopic (exact) mass is 540 g/mol. The van der Waals surface area contributed by atoms with Crippen molar-refractivity contribution >= 4 is 43.2 Å². The first kappa shape index (κ1) is 23.5. The molecule has 0 saturated heterocycles. The van der Waals surface area contributed by atoms with Gasteiger partial charge in [0.05, 0.1) is 10.6 Å². The van der Waals surface area contributed by atoms with Gasteiger partial charge in [0.1, 0.15) is 11.6 Å². The number of phenolic OH excluding ortho intramolecular Hbond substituents is 1. The lowest BCUT2D eigenvalue weighted by atomic mass is 10.0. The number of phenols is 1. The van der Waals surface area contributed by atoms with Crippen LogP contribution >= 0.6 is 15.9 Å². The largest absolute Gasteiger partial charge is 0.506 e. The molecular formula is C25H18BrFN2O4S. The van der Waals surface area contributed by atoms with Crippen LogP contribution in [0.5, 0.6) is 5.75 Å². The second-order valence-corrected chi connectivity index (χ2v) is 9.84. The molecule has 0 radical (unpaired) electrons. The third kappa shape index (κ3) is 5.27. The van der Waals surface area contributed by atoms with Crippen molar-refractivity contribution < 1.29 is 22.7 Å². The standard InChI is InChI=1S/C25H18BrFN2O4S/c26-22-4-2-1-3-21(22)16-5-7-17(8-6-16)25(31)28-19-11-14-24(30)23(15-19)29-34(32,33)20-12-9-18(27)10-13-20/h1-15,29-30H,(H,28,31). The van der Waals surface area contributed by atoms with E-state index in [2.05, 4.69) is 26.0 Å². The minimum atomic E-state index is -4.08. The Kier molecular flexibility index (Phi) is 6.67. The smallest absolute Gasteiger partial charge is 0.262 e. The SMILES string of the molecule is O=C(Nc1ccc(O)c(NS(=O)(=O)c2ccc(F)cc2)c1)c1ccc(-c2ccccc2Br)cc1. The maximum absolute atomic E-state index is 13.1. The average molecular weight is 541 g/mol. The molecule has 1 amide bonds. The fraction of sp³-hybridized carbons (Fsp3) is 0. The molecule has 172 valence electrons. The van der Waals surface area contributed by atoms with Crippen molar-refractivity contribution in [2.75, 3.05) is 10.0 Å². The van der Waals surface area contributed by atoms with Crippen molar-refractivity contribution in [1.29, 1.82) is 0 Å². The molecule has 0 heterocycles. The summed E-state index contributed by atoms with van der Waals surface area (Å²) in [7, 11) is -4.08. The third-order valence-electron chi connectivity index (χ3n) is 4.95. The lowest BCUT2D eigenvalue weighted by Crippen LogP contribution is -2.14. The number of rotatable bonds is 6. The summed E-state index contributed by atoms with van der Waals surface area (Å²) in [5, 5.41) is 12.8. The molecule has 4 aromatic carbocycles. The van der Waals surface area contributed by atoms with Crippen LogP contribution < -0.4 is 10.0 Å². The molecule has 0 unspecified atom stereocenters. The Morgan fingerprint density at radius 1 is 0.882 bits per heavy atom. The number of hydrogen-bond donors (Lipinski definition) is 3. The first-order valence-electron chi connectivity index (χ1n) is 10.0. The molecule has 0 fully saturated rings. The van der Waals surface area contributed by atoms with Crippen LogP contribution in [0.25, 0.3) is 11.1 Å². The first-order chi connectivity index (χ1) is 16.2. The molecule has 4 rings (SSSR count). The molecule has 9 heteroatoms. The van der Waals surface area contributed by atoms with E-state index in [1.807, 2.05) is 36.4 Å². The van der Waals surface area contributed by atoms with Crippen LogP contribution in [-0.2, 0) is 10.0 Å². The Hall–Kier alpha value is -3.69. The summed E-state index contributed by atoms with van der Waals surface area (Å²) in [4.78, 5) is 12.5.